The molecule has 118 valence electrons. The Hall–Kier alpha value is -2.27. The van der Waals surface area contributed by atoms with Gasteiger partial charge in [0, 0.05) is 5.56 Å². The highest BCUT2D eigenvalue weighted by Crippen LogP contribution is 2.36. The van der Waals surface area contributed by atoms with Crippen molar-refractivity contribution in [3.8, 4) is 33.9 Å². The van der Waals surface area contributed by atoms with E-state index in [-0.39, 0.29) is 0 Å². The molecule has 3 rings (SSSR count). The summed E-state index contributed by atoms with van der Waals surface area (Å²) in [6.45, 7) is 0. The van der Waals surface area contributed by atoms with Gasteiger partial charge in [-0.3, -0.25) is 0 Å². The van der Waals surface area contributed by atoms with Crippen molar-refractivity contribution in [3.63, 3.8) is 0 Å². The van der Waals surface area contributed by atoms with Gasteiger partial charge in [0.2, 0.25) is 0 Å². The van der Waals surface area contributed by atoms with Gasteiger partial charge in [-0.1, -0.05) is 33.2 Å². The molecule has 1 aromatic heterocycles. The first-order valence-corrected chi connectivity index (χ1v) is 8.22. The molecular formula is C18H16BrNO3. The van der Waals surface area contributed by atoms with Gasteiger partial charge in [0.05, 0.1) is 25.1 Å². The highest BCUT2D eigenvalue weighted by Gasteiger charge is 2.18. The van der Waals surface area contributed by atoms with Crippen molar-refractivity contribution in [1.82, 2.24) is 5.16 Å². The van der Waals surface area contributed by atoms with Crippen LogP contribution in [0.4, 0.5) is 0 Å². The Morgan fingerprint density at radius 1 is 0.870 bits per heavy atom. The van der Waals surface area contributed by atoms with Gasteiger partial charge in [-0.25, -0.2) is 0 Å². The van der Waals surface area contributed by atoms with E-state index in [1.807, 2.05) is 48.5 Å². The summed E-state index contributed by atoms with van der Waals surface area (Å²) in [6.07, 6.45) is 0. The zero-order valence-electron chi connectivity index (χ0n) is 12.9. The second-order valence-electron chi connectivity index (χ2n) is 4.92. The predicted molar refractivity (Wildman–Crippen MR) is 93.1 cm³/mol. The first-order valence-electron chi connectivity index (χ1n) is 7.10. The Labute approximate surface area is 143 Å². The van der Waals surface area contributed by atoms with Crippen molar-refractivity contribution in [2.45, 2.75) is 5.33 Å². The molecule has 0 radical (unpaired) electrons. The minimum atomic E-state index is 0.595. The monoisotopic (exact) mass is 373 g/mol. The van der Waals surface area contributed by atoms with Crippen molar-refractivity contribution in [1.29, 1.82) is 0 Å². The molecule has 0 N–H and O–H groups in total. The topological polar surface area (TPSA) is 44.5 Å². The smallest absolute Gasteiger partial charge is 0.155 e. The van der Waals surface area contributed by atoms with Crippen LogP contribution < -0.4 is 9.47 Å². The van der Waals surface area contributed by atoms with E-state index in [4.69, 9.17) is 14.0 Å². The lowest BCUT2D eigenvalue weighted by atomic mass is 9.99. The summed E-state index contributed by atoms with van der Waals surface area (Å²) in [6, 6.07) is 15.6. The molecule has 0 aliphatic rings. The fourth-order valence-electron chi connectivity index (χ4n) is 2.42. The SMILES string of the molecule is [12CH3]Oc1ccc(-c2noc(CBr)c2-c2ccc(O[12CH3])cc2)cc1. The maximum absolute atomic E-state index is 5.51. The maximum atomic E-state index is 5.51. The molecule has 1 heterocycles. The number of methoxy groups -OCH3 is 2. The normalized spacial score (nSPS) is 10.6. The van der Waals surface area contributed by atoms with Gasteiger partial charge in [-0.05, 0) is 42.0 Å². The van der Waals surface area contributed by atoms with E-state index in [1.54, 1.807) is 14.2 Å². The lowest BCUT2D eigenvalue weighted by Gasteiger charge is -2.06. The van der Waals surface area contributed by atoms with Gasteiger partial charge in [-0.2, -0.15) is 0 Å². The van der Waals surface area contributed by atoms with E-state index >= 15 is 0 Å². The molecule has 5 heteroatoms. The Morgan fingerprint density at radius 3 is 1.87 bits per heavy atom. The molecule has 0 bridgehead atoms. The summed E-state index contributed by atoms with van der Waals surface area (Å²) in [5.74, 6) is 2.42. The van der Waals surface area contributed by atoms with Crippen LogP contribution in [0.25, 0.3) is 22.4 Å². The summed E-state index contributed by atoms with van der Waals surface area (Å²) in [5, 5.41) is 4.85. The van der Waals surface area contributed by atoms with Crippen LogP contribution in [0.3, 0.4) is 0 Å². The molecular weight excluding hydrogens is 358 g/mol. The van der Waals surface area contributed by atoms with Gasteiger partial charge in [0.25, 0.3) is 0 Å². The van der Waals surface area contributed by atoms with E-state index in [0.717, 1.165) is 39.6 Å². The van der Waals surface area contributed by atoms with Gasteiger partial charge in [0.1, 0.15) is 17.2 Å². The quantitative estimate of drug-likeness (QED) is 0.595. The number of rotatable bonds is 5. The van der Waals surface area contributed by atoms with E-state index in [0.29, 0.717) is 5.33 Å². The fourth-order valence-corrected chi connectivity index (χ4v) is 2.80. The lowest BCUT2D eigenvalue weighted by Crippen LogP contribution is -1.88. The second kappa shape index (κ2) is 6.87. The van der Waals surface area contributed by atoms with Gasteiger partial charge < -0.3 is 14.0 Å². The molecule has 0 saturated heterocycles. The Kier molecular flexibility index (Phi) is 4.67. The Morgan fingerprint density at radius 2 is 1.39 bits per heavy atom. The van der Waals surface area contributed by atoms with Gasteiger partial charge in [-0.15, -0.1) is 0 Å². The predicted octanol–water partition coefficient (Wildman–Crippen LogP) is 4.92. The summed E-state index contributed by atoms with van der Waals surface area (Å²) in [4.78, 5) is 0. The van der Waals surface area contributed by atoms with Crippen molar-refractivity contribution in [2.75, 3.05) is 14.2 Å². The third kappa shape index (κ3) is 3.10. The van der Waals surface area contributed by atoms with E-state index < -0.39 is 0 Å². The van der Waals surface area contributed by atoms with Crippen LogP contribution in [0.1, 0.15) is 5.76 Å². The van der Waals surface area contributed by atoms with Crippen LogP contribution in [0.2, 0.25) is 0 Å². The number of hydrogen-bond acceptors (Lipinski definition) is 4. The van der Waals surface area contributed by atoms with Crippen LogP contribution in [-0.4, -0.2) is 19.4 Å². The molecule has 0 spiro atoms. The molecule has 3 aromatic rings. The number of ether oxygens (including phenoxy) is 2. The minimum Gasteiger partial charge on any atom is -0.497 e. The molecule has 0 fully saturated rings. The van der Waals surface area contributed by atoms with Crippen molar-refractivity contribution in [3.05, 3.63) is 54.3 Å². The number of halogens is 1. The van der Waals surface area contributed by atoms with Crippen molar-refractivity contribution in [2.24, 2.45) is 0 Å². The number of benzene rings is 2. The zero-order chi connectivity index (χ0) is 16.2. The van der Waals surface area contributed by atoms with Gasteiger partial charge >= 0.3 is 0 Å². The highest BCUT2D eigenvalue weighted by molar-refractivity contribution is 9.08. The largest absolute Gasteiger partial charge is 0.497 e. The fraction of sp³-hybridized carbons (Fsp3) is 0.167. The number of alkyl halides is 1. The molecule has 0 aliphatic carbocycles. The van der Waals surface area contributed by atoms with Crippen molar-refractivity contribution < 1.29 is 14.0 Å². The maximum Gasteiger partial charge on any atom is 0.155 e. The summed E-state index contributed by atoms with van der Waals surface area (Å²) >= 11 is 3.46. The molecule has 0 aliphatic heterocycles. The summed E-state index contributed by atoms with van der Waals surface area (Å²) < 4.78 is 15.9. The Bertz CT molecular complexity index is 779. The van der Waals surface area contributed by atoms with Crippen LogP contribution >= 0.6 is 15.9 Å². The van der Waals surface area contributed by atoms with Crippen LogP contribution in [0.5, 0.6) is 11.5 Å². The Balaban J connectivity index is 2.08. The molecule has 4 nitrogen and oxygen atoms in total. The number of hydrogen-bond donors (Lipinski definition) is 0. The molecule has 23 heavy (non-hydrogen) atoms. The average Bonchev–Trinajstić information content (AvgIpc) is 3.06. The van der Waals surface area contributed by atoms with E-state index in [9.17, 15) is 0 Å². The minimum absolute atomic E-state index is 0.595. The average molecular weight is 374 g/mol. The van der Waals surface area contributed by atoms with Crippen molar-refractivity contribution >= 4 is 15.9 Å². The molecule has 0 saturated carbocycles. The molecule has 0 atom stereocenters. The molecule has 0 amide bonds. The van der Waals surface area contributed by atoms with E-state index in [1.165, 1.54) is 0 Å². The third-order valence-electron chi connectivity index (χ3n) is 3.63. The van der Waals surface area contributed by atoms with Crippen LogP contribution in [0, 0.1) is 0 Å². The highest BCUT2D eigenvalue weighted by atomic mass is 79.9. The van der Waals surface area contributed by atoms with Gasteiger partial charge in [0.15, 0.2) is 5.76 Å². The van der Waals surface area contributed by atoms with E-state index in [2.05, 4.69) is 21.1 Å². The first-order chi connectivity index (χ1) is 11.3. The number of aromatic nitrogens is 1. The van der Waals surface area contributed by atoms with Crippen LogP contribution in [-0.2, 0) is 5.33 Å². The number of nitrogens with zero attached hydrogens (tertiary/aromatic N) is 1. The molecule has 2 aromatic carbocycles. The third-order valence-corrected chi connectivity index (χ3v) is 4.14. The summed E-state index contributed by atoms with van der Waals surface area (Å²) in [7, 11) is 3.30. The summed E-state index contributed by atoms with van der Waals surface area (Å²) in [5.41, 5.74) is 3.81. The molecule has 0 unspecified atom stereocenters. The first kappa shape index (κ1) is 15.6. The standard InChI is InChI=1S/C18H16BrNO3/c1-21-14-7-3-12(4-8-14)17-16(11-19)23-20-18(17)13-5-9-15(22-2)10-6-13/h3-10H,11H2,1-2H3/i1+0,2+0. The lowest BCUT2D eigenvalue weighted by molar-refractivity contribution is 0.398. The van der Waals surface area contributed by atoms with Crippen LogP contribution in [0.15, 0.2) is 53.1 Å². The second-order valence-corrected chi connectivity index (χ2v) is 5.48. The zero-order valence-corrected chi connectivity index (χ0v) is 14.5.